The van der Waals surface area contributed by atoms with Crippen LogP contribution in [0.2, 0.25) is 10.0 Å². The van der Waals surface area contributed by atoms with Crippen molar-refractivity contribution in [3.05, 3.63) is 69.1 Å². The number of aromatic amines is 1. The van der Waals surface area contributed by atoms with Crippen molar-refractivity contribution >= 4 is 55.7 Å². The molecule has 0 fully saturated rings. The van der Waals surface area contributed by atoms with Crippen LogP contribution in [0, 0.1) is 6.57 Å². The summed E-state index contributed by atoms with van der Waals surface area (Å²) < 4.78 is 29.3. The summed E-state index contributed by atoms with van der Waals surface area (Å²) in [5.74, 6) is 0. The summed E-state index contributed by atoms with van der Waals surface area (Å²) in [5, 5.41) is 1.50. The van der Waals surface area contributed by atoms with Crippen molar-refractivity contribution in [1.29, 1.82) is 0 Å². The second-order valence-electron chi connectivity index (χ2n) is 5.93. The van der Waals surface area contributed by atoms with Crippen LogP contribution in [0.5, 0.6) is 0 Å². The monoisotopic (exact) mass is 406 g/mol. The molecule has 6 nitrogen and oxygen atoms in total. The van der Waals surface area contributed by atoms with Crippen molar-refractivity contribution in [2.75, 3.05) is 4.72 Å². The Morgan fingerprint density at radius 1 is 1.19 bits per heavy atom. The summed E-state index contributed by atoms with van der Waals surface area (Å²) in [6.07, 6.45) is 1.58. The number of halogens is 2. The number of H-pyrrole nitrogens is 1. The van der Waals surface area contributed by atoms with Crippen LogP contribution in [0.3, 0.4) is 0 Å². The lowest BCUT2D eigenvalue weighted by molar-refractivity contribution is 0.400. The number of fused-ring (bicyclic) bond motifs is 3. The van der Waals surface area contributed by atoms with E-state index in [1.54, 1.807) is 36.5 Å². The van der Waals surface area contributed by atoms with Gasteiger partial charge in [0.1, 0.15) is 0 Å². The molecule has 2 N–H and O–H groups in total. The maximum absolute atomic E-state index is 12.7. The van der Waals surface area contributed by atoms with Gasteiger partial charge in [0.15, 0.2) is 5.69 Å². The molecule has 0 saturated carbocycles. The van der Waals surface area contributed by atoms with Crippen LogP contribution in [0.1, 0.15) is 11.1 Å². The van der Waals surface area contributed by atoms with E-state index in [2.05, 4.69) is 14.6 Å². The van der Waals surface area contributed by atoms with Crippen molar-refractivity contribution in [1.82, 2.24) is 9.29 Å². The molecule has 0 amide bonds. The molecule has 0 bridgehead atoms. The largest absolute Gasteiger partial charge is 0.358 e. The molecule has 26 heavy (non-hydrogen) atoms. The molecule has 1 aliphatic heterocycles. The molecule has 4 rings (SSSR count). The highest BCUT2D eigenvalue weighted by molar-refractivity contribution is 7.90. The fraction of sp³-hybridized carbons (Fsp3) is 0.118. The SMILES string of the molecule is [C-]#[N+]c1ccc(CN2Cc3cc(Cl)c4c(Cl)c[nH]c4c3NS2(=O)=O)cc1. The van der Waals surface area contributed by atoms with E-state index in [1.807, 2.05) is 0 Å². The Morgan fingerprint density at radius 2 is 1.92 bits per heavy atom. The maximum Gasteiger partial charge on any atom is 0.302 e. The summed E-state index contributed by atoms with van der Waals surface area (Å²) >= 11 is 12.5. The zero-order valence-electron chi connectivity index (χ0n) is 13.3. The number of anilines is 1. The van der Waals surface area contributed by atoms with E-state index in [0.717, 1.165) is 11.1 Å². The molecular formula is C17H12Cl2N4O2S. The number of hydrogen-bond donors (Lipinski definition) is 2. The number of aromatic nitrogens is 1. The van der Waals surface area contributed by atoms with Gasteiger partial charge in [-0.1, -0.05) is 47.5 Å². The summed E-state index contributed by atoms with van der Waals surface area (Å²) in [5.41, 5.74) is 3.10. The normalized spacial score (nSPS) is 16.0. The quantitative estimate of drug-likeness (QED) is 0.605. The molecule has 0 aliphatic carbocycles. The van der Waals surface area contributed by atoms with Crippen LogP contribution >= 0.6 is 23.2 Å². The first kappa shape index (κ1) is 17.2. The molecule has 0 atom stereocenters. The topological polar surface area (TPSA) is 69.6 Å². The number of nitrogens with one attached hydrogen (secondary N) is 2. The van der Waals surface area contributed by atoms with Gasteiger partial charge in [-0.2, -0.15) is 12.7 Å². The van der Waals surface area contributed by atoms with E-state index in [4.69, 9.17) is 29.8 Å². The average Bonchev–Trinajstić information content (AvgIpc) is 3.00. The third-order valence-corrected chi connectivity index (χ3v) is 6.28. The first-order chi connectivity index (χ1) is 12.4. The van der Waals surface area contributed by atoms with E-state index in [1.165, 1.54) is 4.31 Å². The van der Waals surface area contributed by atoms with Gasteiger partial charge in [0.2, 0.25) is 0 Å². The number of rotatable bonds is 2. The van der Waals surface area contributed by atoms with Crippen molar-refractivity contribution in [3.8, 4) is 0 Å². The van der Waals surface area contributed by atoms with Gasteiger partial charge < -0.3 is 4.98 Å². The first-order valence-corrected chi connectivity index (χ1v) is 9.81. The highest BCUT2D eigenvalue weighted by Gasteiger charge is 2.31. The summed E-state index contributed by atoms with van der Waals surface area (Å²) in [4.78, 5) is 6.32. The molecular weight excluding hydrogens is 395 g/mol. The van der Waals surface area contributed by atoms with Crippen LogP contribution in [-0.4, -0.2) is 17.7 Å². The van der Waals surface area contributed by atoms with Crippen molar-refractivity contribution in [3.63, 3.8) is 0 Å². The van der Waals surface area contributed by atoms with Gasteiger partial charge in [0.05, 0.1) is 27.8 Å². The van der Waals surface area contributed by atoms with Gasteiger partial charge in [-0.25, -0.2) is 4.85 Å². The minimum absolute atomic E-state index is 0.182. The molecule has 0 unspecified atom stereocenters. The summed E-state index contributed by atoms with van der Waals surface area (Å²) in [6, 6.07) is 8.57. The summed E-state index contributed by atoms with van der Waals surface area (Å²) in [7, 11) is -3.73. The van der Waals surface area contributed by atoms with Gasteiger partial charge in [-0.05, 0) is 17.2 Å². The van der Waals surface area contributed by atoms with Gasteiger partial charge in [-0.3, -0.25) is 4.72 Å². The van der Waals surface area contributed by atoms with Crippen LogP contribution in [0.4, 0.5) is 11.4 Å². The number of benzene rings is 2. The third-order valence-electron chi connectivity index (χ3n) is 4.28. The zero-order chi connectivity index (χ0) is 18.5. The molecule has 132 valence electrons. The molecule has 3 aromatic rings. The Bertz CT molecular complexity index is 1160. The Balaban J connectivity index is 1.73. The summed E-state index contributed by atoms with van der Waals surface area (Å²) in [6.45, 7) is 7.35. The van der Waals surface area contributed by atoms with Crippen LogP contribution in [0.15, 0.2) is 36.5 Å². The van der Waals surface area contributed by atoms with Gasteiger partial charge in [-0.15, -0.1) is 0 Å². The number of hydrogen-bond acceptors (Lipinski definition) is 2. The Labute approximate surface area is 160 Å². The lowest BCUT2D eigenvalue weighted by atomic mass is 10.1. The van der Waals surface area contributed by atoms with Crippen LogP contribution in [0.25, 0.3) is 15.7 Å². The molecule has 0 spiro atoms. The minimum Gasteiger partial charge on any atom is -0.358 e. The highest BCUT2D eigenvalue weighted by atomic mass is 35.5. The Hall–Kier alpha value is -2.24. The molecule has 0 radical (unpaired) electrons. The predicted molar refractivity (Wildman–Crippen MR) is 103 cm³/mol. The maximum atomic E-state index is 12.7. The molecule has 2 aromatic carbocycles. The van der Waals surface area contributed by atoms with Crippen LogP contribution in [-0.2, 0) is 23.3 Å². The van der Waals surface area contributed by atoms with Gasteiger partial charge in [0, 0.05) is 24.7 Å². The fourth-order valence-corrected chi connectivity index (χ4v) is 4.89. The standard InChI is InChI=1S/C17H12Cl2N4O2S/c1-20-12-4-2-10(3-5-12)8-23-9-11-6-13(18)15-14(19)7-21-17(15)16(11)22-26(23,24)25/h2-7,21-22H,8-9H2. The molecule has 9 heteroatoms. The van der Waals surface area contributed by atoms with E-state index >= 15 is 0 Å². The smallest absolute Gasteiger partial charge is 0.302 e. The third kappa shape index (κ3) is 2.81. The molecule has 0 saturated heterocycles. The molecule has 1 aromatic heterocycles. The van der Waals surface area contributed by atoms with Gasteiger partial charge in [0.25, 0.3) is 0 Å². The zero-order valence-corrected chi connectivity index (χ0v) is 15.6. The highest BCUT2D eigenvalue weighted by Crippen LogP contribution is 2.40. The van der Waals surface area contributed by atoms with Crippen molar-refractivity contribution < 1.29 is 8.42 Å². The van der Waals surface area contributed by atoms with Crippen molar-refractivity contribution in [2.45, 2.75) is 13.1 Å². The van der Waals surface area contributed by atoms with E-state index in [-0.39, 0.29) is 13.1 Å². The van der Waals surface area contributed by atoms with E-state index in [9.17, 15) is 8.42 Å². The second kappa shape index (κ2) is 6.18. The van der Waals surface area contributed by atoms with Crippen LogP contribution < -0.4 is 4.72 Å². The average molecular weight is 407 g/mol. The Kier molecular flexibility index (Phi) is 4.09. The fourth-order valence-electron chi connectivity index (χ4n) is 3.02. The van der Waals surface area contributed by atoms with E-state index in [0.29, 0.717) is 32.3 Å². The Morgan fingerprint density at radius 3 is 2.62 bits per heavy atom. The lowest BCUT2D eigenvalue weighted by Gasteiger charge is -2.30. The minimum atomic E-state index is -3.73. The lowest BCUT2D eigenvalue weighted by Crippen LogP contribution is -2.39. The van der Waals surface area contributed by atoms with Crippen molar-refractivity contribution in [2.24, 2.45) is 0 Å². The van der Waals surface area contributed by atoms with Gasteiger partial charge >= 0.3 is 10.2 Å². The molecule has 2 heterocycles. The first-order valence-electron chi connectivity index (χ1n) is 7.61. The number of nitrogens with zero attached hydrogens (tertiary/aromatic N) is 2. The molecule has 1 aliphatic rings. The predicted octanol–water partition coefficient (Wildman–Crippen LogP) is 4.70. The second-order valence-corrected chi connectivity index (χ2v) is 8.42. The van der Waals surface area contributed by atoms with E-state index < -0.39 is 10.2 Å².